The van der Waals surface area contributed by atoms with Gasteiger partial charge in [-0.1, -0.05) is 92.9 Å². The van der Waals surface area contributed by atoms with Gasteiger partial charge in [-0.15, -0.1) is 0 Å². The van der Waals surface area contributed by atoms with Crippen molar-refractivity contribution in [3.63, 3.8) is 0 Å². The summed E-state index contributed by atoms with van der Waals surface area (Å²) in [5, 5.41) is 0. The van der Waals surface area contributed by atoms with E-state index in [2.05, 4.69) is 41.5 Å². The summed E-state index contributed by atoms with van der Waals surface area (Å²) in [6, 6.07) is 0. The molecule has 0 N–H and O–H groups in total. The van der Waals surface area contributed by atoms with Gasteiger partial charge in [0, 0.05) is 0 Å². The first-order valence-electron chi connectivity index (χ1n) is 9.68. The predicted octanol–water partition coefficient (Wildman–Crippen LogP) is 7.62. The minimum Gasteiger partial charge on any atom is -0.0602 e. The molecule has 0 aromatic heterocycles. The fraction of sp³-hybridized carbons (Fsp3) is 1.00. The molecule has 0 spiro atoms. The Morgan fingerprint density at radius 3 is 1.38 bits per heavy atom. The third kappa shape index (κ3) is 8.89. The second kappa shape index (κ2) is 8.59. The van der Waals surface area contributed by atoms with E-state index in [0.717, 1.165) is 11.8 Å². The molecule has 0 aliphatic heterocycles. The lowest BCUT2D eigenvalue weighted by Crippen LogP contribution is -2.22. The van der Waals surface area contributed by atoms with Crippen LogP contribution in [0.25, 0.3) is 0 Å². The molecule has 0 heteroatoms. The van der Waals surface area contributed by atoms with E-state index in [1.54, 1.807) is 0 Å². The van der Waals surface area contributed by atoms with Crippen molar-refractivity contribution in [3.05, 3.63) is 0 Å². The first kappa shape index (κ1) is 19.0. The van der Waals surface area contributed by atoms with Crippen LogP contribution in [0.1, 0.15) is 112 Å². The van der Waals surface area contributed by atoms with Gasteiger partial charge >= 0.3 is 0 Å². The second-order valence-electron chi connectivity index (χ2n) is 9.97. The van der Waals surface area contributed by atoms with Gasteiger partial charge in [-0.05, 0) is 41.9 Å². The summed E-state index contributed by atoms with van der Waals surface area (Å²) in [5.41, 5.74) is 1.13. The van der Waals surface area contributed by atoms with Crippen LogP contribution in [0, 0.1) is 22.7 Å². The van der Waals surface area contributed by atoms with Crippen LogP contribution in [0.3, 0.4) is 0 Å². The molecule has 0 unspecified atom stereocenters. The normalized spacial score (nSPS) is 22.6. The van der Waals surface area contributed by atoms with Crippen molar-refractivity contribution in [3.8, 4) is 0 Å². The largest absolute Gasteiger partial charge is 0.0602 e. The lowest BCUT2D eigenvalue weighted by molar-refractivity contribution is 0.180. The van der Waals surface area contributed by atoms with Gasteiger partial charge in [0.2, 0.25) is 0 Å². The molecule has 0 saturated heterocycles. The Labute approximate surface area is 135 Å². The molecule has 0 radical (unpaired) electrons. The molecule has 0 atom stereocenters. The Hall–Kier alpha value is 0. The van der Waals surface area contributed by atoms with Crippen LogP contribution in [0.4, 0.5) is 0 Å². The number of hydrogen-bond acceptors (Lipinski definition) is 0. The molecule has 0 heterocycles. The maximum Gasteiger partial charge on any atom is -0.0354 e. The van der Waals surface area contributed by atoms with Crippen LogP contribution in [-0.4, -0.2) is 0 Å². The van der Waals surface area contributed by atoms with Crippen LogP contribution >= 0.6 is 0 Å². The fourth-order valence-electron chi connectivity index (χ4n) is 4.23. The topological polar surface area (TPSA) is 0 Å². The maximum atomic E-state index is 2.38. The van der Waals surface area contributed by atoms with Crippen molar-refractivity contribution in [2.45, 2.75) is 112 Å². The molecule has 2 fully saturated rings. The van der Waals surface area contributed by atoms with Gasteiger partial charge in [0.1, 0.15) is 0 Å². The Kier molecular flexibility index (Phi) is 7.79. The molecule has 2 rings (SSSR count). The zero-order valence-corrected chi connectivity index (χ0v) is 15.9. The highest BCUT2D eigenvalue weighted by Crippen LogP contribution is 2.37. The molecule has 2 aliphatic carbocycles. The average molecular weight is 295 g/mol. The van der Waals surface area contributed by atoms with Crippen molar-refractivity contribution in [2.24, 2.45) is 22.7 Å². The summed E-state index contributed by atoms with van der Waals surface area (Å²) < 4.78 is 0. The van der Waals surface area contributed by atoms with Gasteiger partial charge < -0.3 is 0 Å². The van der Waals surface area contributed by atoms with Crippen LogP contribution in [0.2, 0.25) is 0 Å². The average Bonchev–Trinajstić information content (AvgIpc) is 2.39. The monoisotopic (exact) mass is 294 g/mol. The summed E-state index contributed by atoms with van der Waals surface area (Å²) in [4.78, 5) is 0. The van der Waals surface area contributed by atoms with E-state index in [1.807, 2.05) is 0 Å². The van der Waals surface area contributed by atoms with Crippen molar-refractivity contribution in [2.75, 3.05) is 0 Å². The van der Waals surface area contributed by atoms with E-state index in [0.29, 0.717) is 10.8 Å². The van der Waals surface area contributed by atoms with E-state index in [4.69, 9.17) is 0 Å². The first-order valence-corrected chi connectivity index (χ1v) is 9.68. The van der Waals surface area contributed by atoms with Crippen LogP contribution in [0.5, 0.6) is 0 Å². The Balaban J connectivity index is 0.000000211. The van der Waals surface area contributed by atoms with E-state index in [-0.39, 0.29) is 0 Å². The molecular weight excluding hydrogens is 252 g/mol. The molecule has 0 nitrogen and oxygen atoms in total. The van der Waals surface area contributed by atoms with Crippen molar-refractivity contribution < 1.29 is 0 Å². The molecule has 126 valence electrons. The van der Waals surface area contributed by atoms with Crippen LogP contribution in [-0.2, 0) is 0 Å². The maximum absolute atomic E-state index is 2.38. The number of rotatable bonds is 1. The fourth-order valence-corrected chi connectivity index (χ4v) is 4.23. The van der Waals surface area contributed by atoms with E-state index in [9.17, 15) is 0 Å². The molecule has 0 amide bonds. The van der Waals surface area contributed by atoms with Crippen molar-refractivity contribution >= 4 is 0 Å². The quantitative estimate of drug-likeness (QED) is 0.466. The molecule has 0 bridgehead atoms. The molecule has 0 aromatic rings. The van der Waals surface area contributed by atoms with E-state index < -0.39 is 0 Å². The standard InChI is InChI=1S/C11H22.C10H20/c1-11(2,3)9-10-7-5-4-6-8-10;1-10(2,3)9-7-5-4-6-8-9/h10H,4-9H2,1-3H3;9H,4-8H2,1-3H3. The predicted molar refractivity (Wildman–Crippen MR) is 96.7 cm³/mol. The highest BCUT2D eigenvalue weighted by Gasteiger charge is 2.25. The van der Waals surface area contributed by atoms with E-state index >= 15 is 0 Å². The third-order valence-corrected chi connectivity index (χ3v) is 5.46. The Bertz CT molecular complexity index is 251. The zero-order valence-electron chi connectivity index (χ0n) is 15.9. The van der Waals surface area contributed by atoms with Crippen molar-refractivity contribution in [1.29, 1.82) is 0 Å². The second-order valence-corrected chi connectivity index (χ2v) is 9.97. The summed E-state index contributed by atoms with van der Waals surface area (Å²) in [6.45, 7) is 14.2. The van der Waals surface area contributed by atoms with Gasteiger partial charge in [-0.25, -0.2) is 0 Å². The first-order chi connectivity index (χ1) is 9.68. The summed E-state index contributed by atoms with van der Waals surface area (Å²) in [6.07, 6.45) is 16.3. The van der Waals surface area contributed by atoms with Gasteiger partial charge in [-0.3, -0.25) is 0 Å². The molecule has 2 aliphatic rings. The summed E-state index contributed by atoms with van der Waals surface area (Å²) in [5.74, 6) is 2.05. The number of hydrogen-bond donors (Lipinski definition) is 0. The SMILES string of the molecule is CC(C)(C)C1CCCCC1.CC(C)(C)CC1CCCCC1. The Morgan fingerprint density at radius 2 is 1.05 bits per heavy atom. The van der Waals surface area contributed by atoms with Crippen molar-refractivity contribution in [1.82, 2.24) is 0 Å². The minimum atomic E-state index is 0.558. The third-order valence-electron chi connectivity index (χ3n) is 5.46. The molecule has 2 saturated carbocycles. The zero-order chi connectivity index (χ0) is 15.9. The highest BCUT2D eigenvalue weighted by atomic mass is 14.3. The lowest BCUT2D eigenvalue weighted by atomic mass is 9.72. The van der Waals surface area contributed by atoms with Crippen LogP contribution in [0.15, 0.2) is 0 Å². The van der Waals surface area contributed by atoms with Gasteiger partial charge in [0.05, 0.1) is 0 Å². The lowest BCUT2D eigenvalue weighted by Gasteiger charge is -2.33. The minimum absolute atomic E-state index is 0.558. The highest BCUT2D eigenvalue weighted by molar-refractivity contribution is 4.76. The Morgan fingerprint density at radius 1 is 0.619 bits per heavy atom. The smallest absolute Gasteiger partial charge is 0.0354 e. The molecular formula is C21H42. The van der Waals surface area contributed by atoms with Gasteiger partial charge in [-0.2, -0.15) is 0 Å². The van der Waals surface area contributed by atoms with Gasteiger partial charge in [0.25, 0.3) is 0 Å². The van der Waals surface area contributed by atoms with Gasteiger partial charge in [0.15, 0.2) is 0 Å². The van der Waals surface area contributed by atoms with Crippen LogP contribution < -0.4 is 0 Å². The molecule has 0 aromatic carbocycles. The van der Waals surface area contributed by atoms with E-state index in [1.165, 1.54) is 70.6 Å². The summed E-state index contributed by atoms with van der Waals surface area (Å²) in [7, 11) is 0. The summed E-state index contributed by atoms with van der Waals surface area (Å²) >= 11 is 0. The molecule has 21 heavy (non-hydrogen) atoms.